The molecule has 0 spiro atoms. The van der Waals surface area contributed by atoms with Crippen molar-refractivity contribution >= 4 is 11.7 Å². The first-order valence-electron chi connectivity index (χ1n) is 5.27. The van der Waals surface area contributed by atoms with Gasteiger partial charge in [-0.3, -0.25) is 9.59 Å². The predicted molar refractivity (Wildman–Crippen MR) is 58.0 cm³/mol. The molecule has 0 saturated heterocycles. The van der Waals surface area contributed by atoms with Crippen molar-refractivity contribution in [2.45, 2.75) is 44.6 Å². The highest BCUT2D eigenvalue weighted by atomic mass is 16.3. The van der Waals surface area contributed by atoms with E-state index in [1.807, 2.05) is 0 Å². The van der Waals surface area contributed by atoms with Crippen LogP contribution in [-0.4, -0.2) is 63.1 Å². The Balaban J connectivity index is 4.54. The summed E-state index contributed by atoms with van der Waals surface area (Å²) in [7, 11) is 0. The Morgan fingerprint density at radius 3 is 2.06 bits per heavy atom. The molecule has 0 aromatic carbocycles. The molecule has 17 heavy (non-hydrogen) atoms. The van der Waals surface area contributed by atoms with Crippen molar-refractivity contribution in [3.63, 3.8) is 0 Å². The van der Waals surface area contributed by atoms with Crippen LogP contribution in [0.1, 0.15) is 20.3 Å². The Hall–Kier alpha value is -1.02. The van der Waals surface area contributed by atoms with Crippen molar-refractivity contribution in [2.24, 2.45) is 0 Å². The van der Waals surface area contributed by atoms with Crippen LogP contribution >= 0.6 is 0 Å². The summed E-state index contributed by atoms with van der Waals surface area (Å²) in [6, 6.07) is -1.30. The second-order valence-electron chi connectivity index (χ2n) is 3.94. The molecule has 0 unspecified atom stereocenters. The minimum atomic E-state index is -1.65. The number of ketones is 1. The summed E-state index contributed by atoms with van der Waals surface area (Å²) in [4.78, 5) is 22.8. The first kappa shape index (κ1) is 16.0. The molecule has 4 atom stereocenters. The quantitative estimate of drug-likeness (QED) is 0.341. The van der Waals surface area contributed by atoms with Crippen molar-refractivity contribution in [1.29, 1.82) is 0 Å². The van der Waals surface area contributed by atoms with Crippen LogP contribution in [0.2, 0.25) is 0 Å². The highest BCUT2D eigenvalue weighted by Crippen LogP contribution is 2.01. The maximum Gasteiger partial charge on any atom is 0.223 e. The lowest BCUT2D eigenvalue weighted by Crippen LogP contribution is -2.52. The van der Waals surface area contributed by atoms with Gasteiger partial charge in [-0.15, -0.1) is 0 Å². The van der Waals surface area contributed by atoms with Crippen LogP contribution in [0.4, 0.5) is 0 Å². The third-order valence-corrected chi connectivity index (χ3v) is 2.09. The zero-order chi connectivity index (χ0) is 13.6. The van der Waals surface area contributed by atoms with Crippen LogP contribution in [0.3, 0.4) is 0 Å². The molecule has 0 aliphatic heterocycles. The second kappa shape index (κ2) is 7.33. The molecule has 100 valence electrons. The van der Waals surface area contributed by atoms with Gasteiger partial charge in [-0.1, -0.05) is 0 Å². The number of hydrogen-bond donors (Lipinski definition) is 5. The van der Waals surface area contributed by atoms with Gasteiger partial charge in [-0.2, -0.15) is 0 Å². The summed E-state index contributed by atoms with van der Waals surface area (Å²) in [6.45, 7) is 1.89. The minimum Gasteiger partial charge on any atom is -0.393 e. The third kappa shape index (κ3) is 5.73. The number of aliphatic hydroxyl groups is 4. The van der Waals surface area contributed by atoms with E-state index in [1.54, 1.807) is 0 Å². The maximum atomic E-state index is 11.5. The maximum absolute atomic E-state index is 11.5. The molecule has 0 fully saturated rings. The van der Waals surface area contributed by atoms with Gasteiger partial charge in [-0.25, -0.2) is 0 Å². The molecule has 0 saturated carbocycles. The molecule has 0 aromatic heterocycles. The van der Waals surface area contributed by atoms with Crippen LogP contribution in [0.15, 0.2) is 0 Å². The molecule has 0 aromatic rings. The predicted octanol–water partition coefficient (Wildman–Crippen LogP) is -2.45. The fraction of sp³-hybridized carbons (Fsp3) is 0.800. The smallest absolute Gasteiger partial charge is 0.223 e. The van der Waals surface area contributed by atoms with Gasteiger partial charge in [0.2, 0.25) is 5.91 Å². The number of amides is 1. The fourth-order valence-electron chi connectivity index (χ4n) is 1.23. The molecule has 7 heteroatoms. The van der Waals surface area contributed by atoms with Crippen molar-refractivity contribution < 1.29 is 30.0 Å². The Bertz CT molecular complexity index is 266. The van der Waals surface area contributed by atoms with Gasteiger partial charge >= 0.3 is 0 Å². The Morgan fingerprint density at radius 1 is 1.18 bits per heavy atom. The molecule has 0 heterocycles. The molecule has 0 aliphatic rings. The Morgan fingerprint density at radius 2 is 1.71 bits per heavy atom. The van der Waals surface area contributed by atoms with Crippen LogP contribution in [0.25, 0.3) is 0 Å². The van der Waals surface area contributed by atoms with E-state index >= 15 is 0 Å². The number of aliphatic hydroxyl groups excluding tert-OH is 4. The van der Waals surface area contributed by atoms with E-state index in [0.717, 1.165) is 0 Å². The van der Waals surface area contributed by atoms with E-state index in [0.29, 0.717) is 0 Å². The number of carbonyl (C=O) groups excluding carboxylic acids is 2. The van der Waals surface area contributed by atoms with Crippen LogP contribution < -0.4 is 5.32 Å². The molecular formula is C10H19NO6. The van der Waals surface area contributed by atoms with Crippen LogP contribution in [0, 0.1) is 0 Å². The van der Waals surface area contributed by atoms with E-state index in [2.05, 4.69) is 5.32 Å². The van der Waals surface area contributed by atoms with E-state index in [1.165, 1.54) is 13.8 Å². The van der Waals surface area contributed by atoms with Gasteiger partial charge < -0.3 is 25.7 Å². The van der Waals surface area contributed by atoms with Gasteiger partial charge in [0.1, 0.15) is 12.1 Å². The number of Topliss-reactive ketones (excluding diaryl/α,β-unsaturated/α-hetero) is 1. The highest BCUT2D eigenvalue weighted by molar-refractivity contribution is 5.92. The lowest BCUT2D eigenvalue weighted by atomic mass is 10.0. The standard InChI is InChI=1S/C10H19NO6/c1-5(13)3-8(16)11-9(6(2)14)10(17)7(15)4-12/h5-7,9,12-15H,3-4H2,1-2H3,(H,11,16)/t5-,6+,7-,9+/m0/s1. The SMILES string of the molecule is C[C@H](O)CC(=O)N[C@@H](C(=O)[C@@H](O)CO)[C@@H](C)O. The van der Waals surface area contributed by atoms with E-state index in [-0.39, 0.29) is 6.42 Å². The highest BCUT2D eigenvalue weighted by Gasteiger charge is 2.30. The normalized spacial score (nSPS) is 18.0. The molecule has 1 amide bonds. The van der Waals surface area contributed by atoms with Crippen molar-refractivity contribution in [2.75, 3.05) is 6.61 Å². The lowest BCUT2D eigenvalue weighted by molar-refractivity contribution is -0.137. The Kier molecular flexibility index (Phi) is 6.89. The molecule has 5 N–H and O–H groups in total. The summed E-state index contributed by atoms with van der Waals surface area (Å²) in [6.07, 6.45) is -3.95. The van der Waals surface area contributed by atoms with Gasteiger partial charge in [0.25, 0.3) is 0 Å². The number of nitrogens with one attached hydrogen (secondary N) is 1. The zero-order valence-corrected chi connectivity index (χ0v) is 9.83. The number of hydrogen-bond acceptors (Lipinski definition) is 6. The topological polar surface area (TPSA) is 127 Å². The summed E-state index contributed by atoms with van der Waals surface area (Å²) >= 11 is 0. The monoisotopic (exact) mass is 249 g/mol. The average Bonchev–Trinajstić information content (AvgIpc) is 2.22. The van der Waals surface area contributed by atoms with Crippen molar-refractivity contribution in [3.05, 3.63) is 0 Å². The fourth-order valence-corrected chi connectivity index (χ4v) is 1.23. The molecule has 0 rings (SSSR count). The van der Waals surface area contributed by atoms with Gasteiger partial charge in [0.05, 0.1) is 25.2 Å². The first-order chi connectivity index (χ1) is 7.79. The second-order valence-corrected chi connectivity index (χ2v) is 3.94. The van der Waals surface area contributed by atoms with Gasteiger partial charge in [0, 0.05) is 0 Å². The lowest BCUT2D eigenvalue weighted by Gasteiger charge is -2.22. The largest absolute Gasteiger partial charge is 0.393 e. The molecule has 0 bridgehead atoms. The van der Waals surface area contributed by atoms with Gasteiger partial charge in [0.15, 0.2) is 5.78 Å². The summed E-state index contributed by atoms with van der Waals surface area (Å²) in [5, 5.41) is 38.2. The van der Waals surface area contributed by atoms with E-state index in [9.17, 15) is 14.7 Å². The summed E-state index contributed by atoms with van der Waals surface area (Å²) < 4.78 is 0. The molecule has 0 aliphatic carbocycles. The van der Waals surface area contributed by atoms with Crippen molar-refractivity contribution in [1.82, 2.24) is 5.32 Å². The molecular weight excluding hydrogens is 230 g/mol. The first-order valence-corrected chi connectivity index (χ1v) is 5.27. The molecule has 0 radical (unpaired) electrons. The zero-order valence-electron chi connectivity index (χ0n) is 9.83. The van der Waals surface area contributed by atoms with Gasteiger partial charge in [-0.05, 0) is 13.8 Å². The molecule has 7 nitrogen and oxygen atoms in total. The number of carbonyl (C=O) groups is 2. The van der Waals surface area contributed by atoms with Crippen LogP contribution in [0.5, 0.6) is 0 Å². The Labute approximate surface area is 99.1 Å². The van der Waals surface area contributed by atoms with Crippen molar-refractivity contribution in [3.8, 4) is 0 Å². The minimum absolute atomic E-state index is 0.217. The average molecular weight is 249 g/mol. The summed E-state index contributed by atoms with van der Waals surface area (Å²) in [5.41, 5.74) is 0. The van der Waals surface area contributed by atoms with Crippen LogP contribution in [-0.2, 0) is 9.59 Å². The third-order valence-electron chi connectivity index (χ3n) is 2.09. The van der Waals surface area contributed by atoms with E-state index < -0.39 is 42.7 Å². The number of rotatable bonds is 7. The van der Waals surface area contributed by atoms with E-state index in [4.69, 9.17) is 15.3 Å². The summed E-state index contributed by atoms with van der Waals surface area (Å²) in [5.74, 6) is -1.49.